The third-order valence-electron chi connectivity index (χ3n) is 3.99. The van der Waals surface area contributed by atoms with Crippen molar-refractivity contribution in [2.45, 2.75) is 31.9 Å². The quantitative estimate of drug-likeness (QED) is 0.580. The average molecular weight is 387 g/mol. The maximum atomic E-state index is 11.9. The van der Waals surface area contributed by atoms with Gasteiger partial charge in [-0.25, -0.2) is 5.43 Å². The Bertz CT molecular complexity index is 797. The Kier molecular flexibility index (Phi) is 6.46. The number of thiophene rings is 1. The highest BCUT2D eigenvalue weighted by molar-refractivity contribution is 8.15. The summed E-state index contributed by atoms with van der Waals surface area (Å²) in [7, 11) is 0. The van der Waals surface area contributed by atoms with E-state index in [4.69, 9.17) is 0 Å². The van der Waals surface area contributed by atoms with Crippen LogP contribution in [0.1, 0.15) is 30.7 Å². The standard InChI is InChI=1S/C19H22N4OS2/c1-3-16-12-20-19(26-16)21-15-8-6-14(7-9-15)13(2)22-23-18(24)11-17-5-4-10-25-17/h4-10,16H,3,11-12H2,1-2H3,(H,20,21)(H,23,24)/b22-13-/t16-/m0/s1. The van der Waals surface area contributed by atoms with E-state index < -0.39 is 0 Å². The lowest BCUT2D eigenvalue weighted by atomic mass is 10.1. The summed E-state index contributed by atoms with van der Waals surface area (Å²) in [5, 5.41) is 11.1. The molecule has 136 valence electrons. The molecule has 1 aromatic heterocycles. The smallest absolute Gasteiger partial charge is 0.245 e. The molecule has 1 aromatic carbocycles. The summed E-state index contributed by atoms with van der Waals surface area (Å²) in [4.78, 5) is 17.5. The third kappa shape index (κ3) is 5.19. The molecule has 1 aliphatic heterocycles. The molecule has 0 saturated carbocycles. The van der Waals surface area contributed by atoms with Gasteiger partial charge in [-0.1, -0.05) is 36.9 Å². The number of nitrogens with zero attached hydrogens (tertiary/aromatic N) is 2. The molecule has 3 rings (SSSR count). The average Bonchev–Trinajstić information content (AvgIpc) is 3.32. The Balaban J connectivity index is 1.53. The highest BCUT2D eigenvalue weighted by atomic mass is 32.2. The molecule has 2 aromatic rings. The number of amidine groups is 1. The molecule has 0 bridgehead atoms. The number of aliphatic imine (C=N–C) groups is 1. The molecule has 0 fully saturated rings. The van der Waals surface area contributed by atoms with Crippen LogP contribution in [0.15, 0.2) is 51.9 Å². The Morgan fingerprint density at radius 1 is 1.31 bits per heavy atom. The van der Waals surface area contributed by atoms with Crippen molar-refractivity contribution in [3.63, 3.8) is 0 Å². The zero-order chi connectivity index (χ0) is 18.4. The van der Waals surface area contributed by atoms with Crippen LogP contribution in [0, 0.1) is 0 Å². The number of hydrogen-bond acceptors (Lipinski definition) is 6. The zero-order valence-electron chi connectivity index (χ0n) is 14.9. The van der Waals surface area contributed by atoms with Crippen LogP contribution in [0.2, 0.25) is 0 Å². The molecule has 1 aliphatic rings. The molecule has 26 heavy (non-hydrogen) atoms. The molecule has 2 N–H and O–H groups in total. The fourth-order valence-corrected chi connectivity index (χ4v) is 4.10. The summed E-state index contributed by atoms with van der Waals surface area (Å²) in [5.74, 6) is -0.105. The van der Waals surface area contributed by atoms with Gasteiger partial charge in [0.05, 0.1) is 18.7 Å². The van der Waals surface area contributed by atoms with E-state index in [1.807, 2.05) is 48.7 Å². The van der Waals surface area contributed by atoms with Crippen LogP contribution in [-0.2, 0) is 11.2 Å². The lowest BCUT2D eigenvalue weighted by Crippen LogP contribution is -2.20. The van der Waals surface area contributed by atoms with E-state index in [0.29, 0.717) is 11.7 Å². The molecule has 7 heteroatoms. The van der Waals surface area contributed by atoms with Crippen molar-refractivity contribution in [3.05, 3.63) is 52.2 Å². The fourth-order valence-electron chi connectivity index (χ4n) is 2.44. The number of benzene rings is 1. The highest BCUT2D eigenvalue weighted by Crippen LogP contribution is 2.24. The molecule has 1 amide bonds. The number of hydrogen-bond donors (Lipinski definition) is 2. The van der Waals surface area contributed by atoms with Crippen LogP contribution in [-0.4, -0.2) is 28.6 Å². The van der Waals surface area contributed by atoms with Gasteiger partial charge in [-0.2, -0.15) is 5.10 Å². The van der Waals surface area contributed by atoms with E-state index in [9.17, 15) is 4.79 Å². The van der Waals surface area contributed by atoms with E-state index in [1.54, 1.807) is 23.1 Å². The van der Waals surface area contributed by atoms with Gasteiger partial charge in [0.2, 0.25) is 5.91 Å². The number of anilines is 1. The largest absolute Gasteiger partial charge is 0.335 e. The molecular formula is C19H22N4OS2. The zero-order valence-corrected chi connectivity index (χ0v) is 16.5. The number of carbonyl (C=O) groups is 1. The molecule has 0 spiro atoms. The topological polar surface area (TPSA) is 65.8 Å². The fraction of sp³-hybridized carbons (Fsp3) is 0.316. The number of carbonyl (C=O) groups excluding carboxylic acids is 1. The summed E-state index contributed by atoms with van der Waals surface area (Å²) >= 11 is 3.37. The van der Waals surface area contributed by atoms with E-state index in [-0.39, 0.29) is 5.91 Å². The summed E-state index contributed by atoms with van der Waals surface area (Å²) in [6.45, 7) is 4.96. The maximum Gasteiger partial charge on any atom is 0.245 e. The van der Waals surface area contributed by atoms with Crippen LogP contribution in [0.3, 0.4) is 0 Å². The minimum atomic E-state index is -0.105. The SMILES string of the molecule is CC[C@H]1CN=C(Nc2ccc(/C(C)=N\NC(=O)Cc3cccs3)cc2)S1. The lowest BCUT2D eigenvalue weighted by Gasteiger charge is -2.08. The first-order valence-corrected chi connectivity index (χ1v) is 10.3. The second kappa shape index (κ2) is 9.00. The van der Waals surface area contributed by atoms with Gasteiger partial charge in [-0.15, -0.1) is 11.3 Å². The number of hydrazone groups is 1. The normalized spacial score (nSPS) is 17.1. The number of rotatable bonds is 6. The summed E-state index contributed by atoms with van der Waals surface area (Å²) < 4.78 is 0. The molecule has 0 unspecified atom stereocenters. The van der Waals surface area contributed by atoms with Crippen molar-refractivity contribution in [3.8, 4) is 0 Å². The highest BCUT2D eigenvalue weighted by Gasteiger charge is 2.17. The second-order valence-corrected chi connectivity index (χ2v) is 8.31. The molecule has 5 nitrogen and oxygen atoms in total. The first kappa shape index (κ1) is 18.7. The van der Waals surface area contributed by atoms with Crippen LogP contribution in [0.4, 0.5) is 5.69 Å². The van der Waals surface area contributed by atoms with Crippen LogP contribution < -0.4 is 10.7 Å². The third-order valence-corrected chi connectivity index (χ3v) is 6.14. The van der Waals surface area contributed by atoms with Crippen LogP contribution in [0.5, 0.6) is 0 Å². The summed E-state index contributed by atoms with van der Waals surface area (Å²) in [6, 6.07) is 11.9. The Morgan fingerprint density at radius 2 is 2.12 bits per heavy atom. The van der Waals surface area contributed by atoms with E-state index in [1.165, 1.54) is 0 Å². The Labute approximate surface area is 162 Å². The van der Waals surface area contributed by atoms with Gasteiger partial charge in [0.15, 0.2) is 5.17 Å². The molecule has 0 radical (unpaired) electrons. The van der Waals surface area contributed by atoms with Crippen molar-refractivity contribution >= 4 is 45.6 Å². The van der Waals surface area contributed by atoms with Crippen molar-refractivity contribution < 1.29 is 4.79 Å². The Morgan fingerprint density at radius 3 is 2.77 bits per heavy atom. The molecule has 1 atom stereocenters. The van der Waals surface area contributed by atoms with Gasteiger partial charge >= 0.3 is 0 Å². The summed E-state index contributed by atoms with van der Waals surface area (Å²) in [5.41, 5.74) is 5.37. The lowest BCUT2D eigenvalue weighted by molar-refractivity contribution is -0.120. The Hall–Kier alpha value is -2.12. The van der Waals surface area contributed by atoms with Gasteiger partial charge in [0.25, 0.3) is 0 Å². The van der Waals surface area contributed by atoms with Crippen molar-refractivity contribution in [2.75, 3.05) is 11.9 Å². The van der Waals surface area contributed by atoms with Crippen LogP contribution in [0.25, 0.3) is 0 Å². The number of nitrogens with one attached hydrogen (secondary N) is 2. The predicted octanol–water partition coefficient (Wildman–Crippen LogP) is 4.12. The van der Waals surface area contributed by atoms with Gasteiger partial charge in [-0.05, 0) is 42.5 Å². The maximum absolute atomic E-state index is 11.9. The van der Waals surface area contributed by atoms with Gasteiger partial charge < -0.3 is 5.32 Å². The van der Waals surface area contributed by atoms with E-state index in [2.05, 4.69) is 27.8 Å². The van der Waals surface area contributed by atoms with Crippen LogP contribution >= 0.6 is 23.1 Å². The summed E-state index contributed by atoms with van der Waals surface area (Å²) in [6.07, 6.45) is 1.49. The number of thioether (sulfide) groups is 1. The van der Waals surface area contributed by atoms with Gasteiger partial charge in [-0.3, -0.25) is 9.79 Å². The molecular weight excluding hydrogens is 364 g/mol. The second-order valence-electron chi connectivity index (χ2n) is 5.98. The van der Waals surface area contributed by atoms with Gasteiger partial charge in [0.1, 0.15) is 0 Å². The molecule has 0 aliphatic carbocycles. The van der Waals surface area contributed by atoms with Crippen molar-refractivity contribution in [2.24, 2.45) is 10.1 Å². The van der Waals surface area contributed by atoms with Gasteiger partial charge in [0, 0.05) is 15.8 Å². The minimum absolute atomic E-state index is 0.105. The monoisotopic (exact) mass is 386 g/mol. The first-order chi connectivity index (χ1) is 12.6. The molecule has 0 saturated heterocycles. The van der Waals surface area contributed by atoms with E-state index >= 15 is 0 Å². The van der Waals surface area contributed by atoms with Crippen molar-refractivity contribution in [1.82, 2.24) is 5.43 Å². The number of amides is 1. The predicted molar refractivity (Wildman–Crippen MR) is 112 cm³/mol. The minimum Gasteiger partial charge on any atom is -0.335 e. The van der Waals surface area contributed by atoms with E-state index in [0.717, 1.165) is 40.0 Å². The van der Waals surface area contributed by atoms with Crippen molar-refractivity contribution in [1.29, 1.82) is 0 Å². The first-order valence-electron chi connectivity index (χ1n) is 8.58. The molecule has 2 heterocycles.